The third-order valence-corrected chi connectivity index (χ3v) is 7.33. The second kappa shape index (κ2) is 9.78. The van der Waals surface area contributed by atoms with Crippen molar-refractivity contribution < 1.29 is 9.53 Å². The Bertz CT molecular complexity index is 1380. The molecule has 0 spiro atoms. The van der Waals surface area contributed by atoms with Crippen molar-refractivity contribution >= 4 is 28.3 Å². The second-order valence-electron chi connectivity index (χ2n) is 10.2. The van der Waals surface area contributed by atoms with Crippen LogP contribution in [-0.2, 0) is 4.74 Å². The summed E-state index contributed by atoms with van der Waals surface area (Å²) in [6, 6.07) is 9.70. The number of aromatic amines is 1. The molecular weight excluding hydrogens is 456 g/mol. The zero-order valence-electron chi connectivity index (χ0n) is 21.0. The average molecular weight is 489 g/mol. The number of nitrogens with one attached hydrogen (secondary N) is 2. The zero-order chi connectivity index (χ0) is 25.4. The molecule has 1 saturated heterocycles. The molecule has 1 saturated carbocycles. The van der Waals surface area contributed by atoms with Crippen LogP contribution in [0.25, 0.3) is 10.9 Å². The highest BCUT2D eigenvalue weighted by molar-refractivity contribution is 5.97. The minimum absolute atomic E-state index is 0.0102. The Balaban J connectivity index is 1.45. The summed E-state index contributed by atoms with van der Waals surface area (Å²) in [6.45, 7) is 7.82. The van der Waals surface area contributed by atoms with E-state index < -0.39 is 0 Å². The lowest BCUT2D eigenvalue weighted by molar-refractivity contribution is -0.0155. The lowest BCUT2D eigenvalue weighted by Gasteiger charge is -2.38. The first-order valence-electron chi connectivity index (χ1n) is 12.6. The lowest BCUT2D eigenvalue weighted by Crippen LogP contribution is -2.51. The minimum atomic E-state index is -0.233. The van der Waals surface area contributed by atoms with Crippen LogP contribution in [0.2, 0.25) is 0 Å². The van der Waals surface area contributed by atoms with Crippen molar-refractivity contribution in [1.29, 1.82) is 5.26 Å². The quantitative estimate of drug-likeness (QED) is 0.516. The molecule has 5 rings (SSSR count). The van der Waals surface area contributed by atoms with Crippen LogP contribution in [0.4, 0.5) is 11.5 Å². The van der Waals surface area contributed by atoms with Gasteiger partial charge >= 0.3 is 0 Å². The Morgan fingerprint density at radius 3 is 2.83 bits per heavy atom. The van der Waals surface area contributed by atoms with Crippen LogP contribution in [-0.4, -0.2) is 51.4 Å². The van der Waals surface area contributed by atoms with E-state index in [1.807, 2.05) is 40.8 Å². The number of benzene rings is 1. The van der Waals surface area contributed by atoms with E-state index >= 15 is 0 Å². The number of ether oxygens (including phenoxy) is 1. The summed E-state index contributed by atoms with van der Waals surface area (Å²) < 4.78 is 7.45. The van der Waals surface area contributed by atoms with Crippen molar-refractivity contribution in [2.45, 2.75) is 52.1 Å². The highest BCUT2D eigenvalue weighted by Crippen LogP contribution is 2.43. The molecule has 1 aromatic carbocycles. The van der Waals surface area contributed by atoms with Crippen molar-refractivity contribution in [3.05, 3.63) is 51.9 Å². The number of H-pyrrole nitrogens is 1. The number of fused-ring (bicyclic) bond motifs is 1. The molecule has 2 aliphatic rings. The average Bonchev–Trinajstić information content (AvgIpc) is 3.64. The first kappa shape index (κ1) is 24.1. The molecule has 1 aliphatic heterocycles. The smallest absolute Gasteiger partial charge is 0.261 e. The number of aryl methyl sites for hydroxylation is 1. The Hall–Kier alpha value is -3.64. The number of pyridine rings is 1. The van der Waals surface area contributed by atoms with Crippen molar-refractivity contribution in [3.8, 4) is 6.07 Å². The van der Waals surface area contributed by atoms with Gasteiger partial charge in [-0.3, -0.25) is 14.3 Å². The number of carbonyl (C=O) groups is 1. The first-order valence-corrected chi connectivity index (χ1v) is 12.6. The molecule has 0 bridgehead atoms. The largest absolute Gasteiger partial charge is 0.377 e. The van der Waals surface area contributed by atoms with Crippen molar-refractivity contribution in [3.63, 3.8) is 0 Å². The number of amides is 1. The number of hydrogen-bond donors (Lipinski definition) is 2. The molecule has 3 aromatic rings. The summed E-state index contributed by atoms with van der Waals surface area (Å²) in [5, 5.41) is 17.9. The predicted octanol–water partition coefficient (Wildman–Crippen LogP) is 4.14. The highest BCUT2D eigenvalue weighted by Gasteiger charge is 2.35. The highest BCUT2D eigenvalue weighted by atomic mass is 16.5. The van der Waals surface area contributed by atoms with Crippen molar-refractivity contribution in [1.82, 2.24) is 19.7 Å². The molecule has 2 fully saturated rings. The van der Waals surface area contributed by atoms with Crippen LogP contribution in [0.3, 0.4) is 0 Å². The standard InChI is InChI=1S/C27H32N6O3/c1-16(2)23-15-36-13-12-32(23)27(35)20-7-6-19(14-17(20)3)30-25-24-22(9-11-29-26(24)34)33(31-25)21(8-10-28)18-4-5-18/h6-7,9,11,14,16,18,21,23H,4-5,8,12-13,15H2,1-3H3,(H,29,34)(H,30,31)/t21-,23+/m0/s1. The number of rotatable bonds is 7. The van der Waals surface area contributed by atoms with E-state index in [0.717, 1.165) is 24.1 Å². The Morgan fingerprint density at radius 2 is 2.14 bits per heavy atom. The van der Waals surface area contributed by atoms with Gasteiger partial charge in [-0.25, -0.2) is 0 Å². The Labute approximate surface area is 210 Å². The van der Waals surface area contributed by atoms with Gasteiger partial charge in [-0.15, -0.1) is 0 Å². The van der Waals surface area contributed by atoms with Crippen LogP contribution >= 0.6 is 0 Å². The third-order valence-electron chi connectivity index (χ3n) is 7.33. The maximum absolute atomic E-state index is 13.4. The number of nitriles is 1. The van der Waals surface area contributed by atoms with E-state index in [0.29, 0.717) is 60.3 Å². The lowest BCUT2D eigenvalue weighted by atomic mass is 9.99. The van der Waals surface area contributed by atoms with Gasteiger partial charge in [0.1, 0.15) is 5.39 Å². The van der Waals surface area contributed by atoms with E-state index in [1.165, 1.54) is 0 Å². The SMILES string of the molecule is Cc1cc(Nc2nn([C@@H](CC#N)C3CC3)c3cc[nH]c(=O)c23)ccc1C(=O)N1CCOC[C@@H]1C(C)C. The summed E-state index contributed by atoms with van der Waals surface area (Å²) in [4.78, 5) is 30.8. The topological polar surface area (TPSA) is 116 Å². The maximum atomic E-state index is 13.4. The van der Waals surface area contributed by atoms with E-state index in [2.05, 4.69) is 30.2 Å². The minimum Gasteiger partial charge on any atom is -0.377 e. The van der Waals surface area contributed by atoms with E-state index in [9.17, 15) is 14.9 Å². The number of morpholine rings is 1. The Kier molecular flexibility index (Phi) is 6.54. The molecule has 0 radical (unpaired) electrons. The van der Waals surface area contributed by atoms with Gasteiger partial charge < -0.3 is 19.9 Å². The molecule has 2 aromatic heterocycles. The summed E-state index contributed by atoms with van der Waals surface area (Å²) >= 11 is 0. The van der Waals surface area contributed by atoms with Gasteiger partial charge in [-0.1, -0.05) is 13.8 Å². The molecule has 2 atom stereocenters. The van der Waals surface area contributed by atoms with Gasteiger partial charge in [0.15, 0.2) is 5.82 Å². The van der Waals surface area contributed by atoms with Crippen LogP contribution in [0, 0.1) is 30.1 Å². The summed E-state index contributed by atoms with van der Waals surface area (Å²) in [6.07, 6.45) is 4.09. The predicted molar refractivity (Wildman–Crippen MR) is 137 cm³/mol. The first-order chi connectivity index (χ1) is 17.4. The summed E-state index contributed by atoms with van der Waals surface area (Å²) in [5.41, 5.74) is 2.72. The molecule has 9 nitrogen and oxygen atoms in total. The van der Waals surface area contributed by atoms with Crippen LogP contribution < -0.4 is 10.9 Å². The van der Waals surface area contributed by atoms with Crippen LogP contribution in [0.5, 0.6) is 0 Å². The fourth-order valence-electron chi connectivity index (χ4n) is 5.17. The fraction of sp³-hybridized carbons (Fsp3) is 0.481. The molecule has 1 amide bonds. The van der Waals surface area contributed by atoms with E-state index in [1.54, 1.807) is 6.20 Å². The molecule has 9 heteroatoms. The summed E-state index contributed by atoms with van der Waals surface area (Å²) in [5.74, 6) is 1.16. The van der Waals surface area contributed by atoms with Gasteiger partial charge in [0.05, 0.1) is 43.3 Å². The molecule has 1 aliphatic carbocycles. The monoisotopic (exact) mass is 488 g/mol. The number of hydrogen-bond acceptors (Lipinski definition) is 6. The molecular formula is C27H32N6O3. The van der Waals surface area contributed by atoms with Crippen LogP contribution in [0.15, 0.2) is 35.3 Å². The zero-order valence-corrected chi connectivity index (χ0v) is 21.0. The van der Waals surface area contributed by atoms with Crippen LogP contribution in [0.1, 0.15) is 55.1 Å². The van der Waals surface area contributed by atoms with Gasteiger partial charge in [0.2, 0.25) is 0 Å². The summed E-state index contributed by atoms with van der Waals surface area (Å²) in [7, 11) is 0. The third kappa shape index (κ3) is 4.49. The van der Waals surface area contributed by atoms with E-state index in [-0.39, 0.29) is 23.6 Å². The van der Waals surface area contributed by atoms with Crippen molar-refractivity contribution in [2.24, 2.45) is 11.8 Å². The Morgan fingerprint density at radius 1 is 1.33 bits per heavy atom. The number of aromatic nitrogens is 3. The molecule has 3 heterocycles. The molecule has 0 unspecified atom stereocenters. The van der Waals surface area contributed by atoms with Gasteiger partial charge in [-0.2, -0.15) is 10.4 Å². The maximum Gasteiger partial charge on any atom is 0.261 e. The second-order valence-corrected chi connectivity index (χ2v) is 10.2. The number of anilines is 2. The van der Waals surface area contributed by atoms with Crippen molar-refractivity contribution in [2.75, 3.05) is 25.1 Å². The number of carbonyl (C=O) groups excluding carboxylic acids is 1. The fourth-order valence-corrected chi connectivity index (χ4v) is 5.17. The molecule has 188 valence electrons. The number of nitrogens with zero attached hydrogens (tertiary/aromatic N) is 4. The normalized spacial score (nSPS) is 18.9. The molecule has 36 heavy (non-hydrogen) atoms. The van der Waals surface area contributed by atoms with E-state index in [4.69, 9.17) is 9.84 Å². The molecule has 2 N–H and O–H groups in total. The van der Waals surface area contributed by atoms with Gasteiger partial charge in [-0.05, 0) is 61.4 Å². The van der Waals surface area contributed by atoms with Gasteiger partial charge in [0, 0.05) is 24.0 Å². The van der Waals surface area contributed by atoms with Gasteiger partial charge in [0.25, 0.3) is 11.5 Å².